The third-order valence-corrected chi connectivity index (χ3v) is 4.55. The number of carbonyl (C=O) groups is 2. The summed E-state index contributed by atoms with van der Waals surface area (Å²) in [5.74, 6) is -0.140. The molecule has 0 unspecified atom stereocenters. The van der Waals surface area contributed by atoms with E-state index in [0.717, 1.165) is 18.4 Å². The molecular formula is C23H27ClN2O3. The number of nitrogens with zero attached hydrogens (tertiary/aromatic N) is 1. The van der Waals surface area contributed by atoms with Gasteiger partial charge in [0.15, 0.2) is 0 Å². The van der Waals surface area contributed by atoms with E-state index < -0.39 is 5.97 Å². The molecule has 0 atom stereocenters. The minimum Gasteiger partial charge on any atom is -0.423 e. The van der Waals surface area contributed by atoms with Crippen LogP contribution in [0.4, 0.5) is 0 Å². The number of hydrogen-bond donors (Lipinski definition) is 1. The molecule has 0 heterocycles. The third kappa shape index (κ3) is 8.92. The summed E-state index contributed by atoms with van der Waals surface area (Å²) >= 11 is 5.88. The van der Waals surface area contributed by atoms with E-state index in [9.17, 15) is 9.59 Å². The Labute approximate surface area is 177 Å². The van der Waals surface area contributed by atoms with Gasteiger partial charge < -0.3 is 4.74 Å². The minimum atomic E-state index is -0.476. The Morgan fingerprint density at radius 1 is 1.03 bits per heavy atom. The molecule has 1 N–H and O–H groups in total. The number of esters is 1. The number of benzene rings is 2. The highest BCUT2D eigenvalue weighted by atomic mass is 35.5. The molecule has 0 saturated carbocycles. The van der Waals surface area contributed by atoms with Gasteiger partial charge in [-0.05, 0) is 54.4 Å². The molecule has 6 heteroatoms. The van der Waals surface area contributed by atoms with Crippen LogP contribution in [-0.2, 0) is 4.79 Å². The van der Waals surface area contributed by atoms with Gasteiger partial charge in [0, 0.05) is 11.4 Å². The Morgan fingerprint density at radius 2 is 1.76 bits per heavy atom. The number of halogens is 1. The first-order chi connectivity index (χ1) is 14.1. The monoisotopic (exact) mass is 414 g/mol. The van der Waals surface area contributed by atoms with Crippen LogP contribution in [0.2, 0.25) is 5.02 Å². The summed E-state index contributed by atoms with van der Waals surface area (Å²) in [6.07, 6.45) is 8.91. The average Bonchev–Trinajstić information content (AvgIpc) is 2.72. The summed E-state index contributed by atoms with van der Waals surface area (Å²) in [7, 11) is 0. The normalized spacial score (nSPS) is 10.8. The molecule has 2 aromatic rings. The molecule has 154 valence electrons. The fraction of sp³-hybridized carbons (Fsp3) is 0.348. The fourth-order valence-electron chi connectivity index (χ4n) is 2.70. The lowest BCUT2D eigenvalue weighted by atomic mass is 10.1. The molecule has 0 bridgehead atoms. The number of unbranched alkanes of at least 4 members (excludes halogenated alkanes) is 5. The Balaban J connectivity index is 1.72. The second kappa shape index (κ2) is 12.7. The van der Waals surface area contributed by atoms with Crippen molar-refractivity contribution in [2.24, 2.45) is 5.10 Å². The van der Waals surface area contributed by atoms with Gasteiger partial charge in [0.1, 0.15) is 5.75 Å². The molecule has 0 spiro atoms. The summed E-state index contributed by atoms with van der Waals surface area (Å²) in [6.45, 7) is 2.19. The summed E-state index contributed by atoms with van der Waals surface area (Å²) in [5.41, 5.74) is 3.71. The maximum absolute atomic E-state index is 12.1. The van der Waals surface area contributed by atoms with Gasteiger partial charge in [0.05, 0.1) is 11.8 Å². The van der Waals surface area contributed by atoms with E-state index in [1.54, 1.807) is 54.7 Å². The number of hydrogen-bond acceptors (Lipinski definition) is 4. The van der Waals surface area contributed by atoms with Crippen LogP contribution in [0.5, 0.6) is 5.75 Å². The molecule has 0 fully saturated rings. The van der Waals surface area contributed by atoms with Gasteiger partial charge in [-0.3, -0.25) is 4.79 Å². The summed E-state index contributed by atoms with van der Waals surface area (Å²) < 4.78 is 5.32. The van der Waals surface area contributed by atoms with Gasteiger partial charge in [-0.15, -0.1) is 0 Å². The number of amides is 1. The zero-order chi connectivity index (χ0) is 20.9. The summed E-state index contributed by atoms with van der Waals surface area (Å²) in [5, 5.41) is 4.45. The molecule has 29 heavy (non-hydrogen) atoms. The topological polar surface area (TPSA) is 67.8 Å². The van der Waals surface area contributed by atoms with Crippen molar-refractivity contribution >= 4 is 29.7 Å². The lowest BCUT2D eigenvalue weighted by Gasteiger charge is -2.05. The lowest BCUT2D eigenvalue weighted by Crippen LogP contribution is -2.16. The molecule has 0 saturated heterocycles. The van der Waals surface area contributed by atoms with Crippen LogP contribution in [0.15, 0.2) is 53.6 Å². The van der Waals surface area contributed by atoms with Crippen LogP contribution in [-0.4, -0.2) is 18.1 Å². The van der Waals surface area contributed by atoms with Crippen LogP contribution in [0, 0.1) is 0 Å². The van der Waals surface area contributed by atoms with Gasteiger partial charge in [-0.25, -0.2) is 10.2 Å². The van der Waals surface area contributed by atoms with E-state index in [1.807, 2.05) is 0 Å². The Bertz CT molecular complexity index is 819. The zero-order valence-electron chi connectivity index (χ0n) is 16.7. The maximum Gasteiger partial charge on any atom is 0.343 e. The number of nitrogens with one attached hydrogen (secondary N) is 1. The van der Waals surface area contributed by atoms with Crippen molar-refractivity contribution in [1.82, 2.24) is 5.43 Å². The van der Waals surface area contributed by atoms with Crippen molar-refractivity contribution in [1.29, 1.82) is 0 Å². The second-order valence-electron chi connectivity index (χ2n) is 6.78. The van der Waals surface area contributed by atoms with Crippen molar-refractivity contribution in [2.45, 2.75) is 51.9 Å². The van der Waals surface area contributed by atoms with Crippen LogP contribution in [0.25, 0.3) is 0 Å². The molecule has 0 aliphatic heterocycles. The molecular weight excluding hydrogens is 388 g/mol. The van der Waals surface area contributed by atoms with E-state index in [-0.39, 0.29) is 5.91 Å². The largest absolute Gasteiger partial charge is 0.423 e. The highest BCUT2D eigenvalue weighted by Gasteiger charge is 2.08. The second-order valence-corrected chi connectivity index (χ2v) is 7.22. The first-order valence-corrected chi connectivity index (χ1v) is 10.4. The first-order valence-electron chi connectivity index (χ1n) is 9.98. The molecule has 1 amide bonds. The molecule has 0 radical (unpaired) electrons. The Kier molecular flexibility index (Phi) is 9.93. The molecule has 5 nitrogen and oxygen atoms in total. The van der Waals surface area contributed by atoms with E-state index in [4.69, 9.17) is 16.3 Å². The van der Waals surface area contributed by atoms with Crippen molar-refractivity contribution in [3.05, 3.63) is 64.7 Å². The Hall–Kier alpha value is -2.66. The van der Waals surface area contributed by atoms with Gasteiger partial charge in [-0.1, -0.05) is 56.7 Å². The standard InChI is InChI=1S/C23H27ClN2O3/c1-2-3-4-5-6-7-11-22(27)26-25-17-18-12-14-21(15-13-18)29-23(28)19-9-8-10-20(24)16-19/h8-10,12-17H,2-7,11H2,1H3,(H,26,27). The van der Waals surface area contributed by atoms with E-state index in [1.165, 1.54) is 25.7 Å². The third-order valence-electron chi connectivity index (χ3n) is 4.31. The number of carbonyl (C=O) groups excluding carboxylic acids is 2. The predicted octanol–water partition coefficient (Wildman–Crippen LogP) is 5.76. The average molecular weight is 415 g/mol. The molecule has 2 aromatic carbocycles. The molecule has 2 rings (SSSR count). The SMILES string of the molecule is CCCCCCCCC(=O)NN=Cc1ccc(OC(=O)c2cccc(Cl)c2)cc1. The quantitative estimate of drug-likeness (QED) is 0.167. The fourth-order valence-corrected chi connectivity index (χ4v) is 2.89. The number of rotatable bonds is 11. The van der Waals surface area contributed by atoms with Crippen LogP contribution in [0.3, 0.4) is 0 Å². The zero-order valence-corrected chi connectivity index (χ0v) is 17.5. The minimum absolute atomic E-state index is 0.0798. The van der Waals surface area contributed by atoms with Crippen molar-refractivity contribution in [3.8, 4) is 5.75 Å². The van der Waals surface area contributed by atoms with Crippen LogP contribution < -0.4 is 10.2 Å². The number of hydrazone groups is 1. The van der Waals surface area contributed by atoms with Gasteiger partial charge >= 0.3 is 5.97 Å². The molecule has 0 aliphatic rings. The van der Waals surface area contributed by atoms with Gasteiger partial charge in [-0.2, -0.15) is 5.10 Å². The number of ether oxygens (including phenoxy) is 1. The van der Waals surface area contributed by atoms with Crippen molar-refractivity contribution in [2.75, 3.05) is 0 Å². The van der Waals surface area contributed by atoms with Crippen LogP contribution in [0.1, 0.15) is 67.8 Å². The van der Waals surface area contributed by atoms with Gasteiger partial charge in [0.25, 0.3) is 0 Å². The Morgan fingerprint density at radius 3 is 2.48 bits per heavy atom. The van der Waals surface area contributed by atoms with E-state index in [0.29, 0.717) is 22.8 Å². The van der Waals surface area contributed by atoms with Crippen LogP contribution >= 0.6 is 11.6 Å². The smallest absolute Gasteiger partial charge is 0.343 e. The highest BCUT2D eigenvalue weighted by molar-refractivity contribution is 6.30. The van der Waals surface area contributed by atoms with E-state index in [2.05, 4.69) is 17.5 Å². The van der Waals surface area contributed by atoms with Gasteiger partial charge in [0.2, 0.25) is 5.91 Å². The maximum atomic E-state index is 12.1. The van der Waals surface area contributed by atoms with E-state index >= 15 is 0 Å². The first kappa shape index (κ1) is 22.6. The summed E-state index contributed by atoms with van der Waals surface area (Å²) in [4.78, 5) is 23.9. The molecule has 0 aliphatic carbocycles. The highest BCUT2D eigenvalue weighted by Crippen LogP contribution is 2.16. The van der Waals surface area contributed by atoms with Crippen molar-refractivity contribution in [3.63, 3.8) is 0 Å². The lowest BCUT2D eigenvalue weighted by molar-refractivity contribution is -0.121. The molecule has 0 aromatic heterocycles. The predicted molar refractivity (Wildman–Crippen MR) is 117 cm³/mol. The summed E-state index contributed by atoms with van der Waals surface area (Å²) in [6, 6.07) is 13.4. The van der Waals surface area contributed by atoms with Crippen molar-refractivity contribution < 1.29 is 14.3 Å².